The van der Waals surface area contributed by atoms with Crippen molar-refractivity contribution in [3.8, 4) is 5.88 Å². The second kappa shape index (κ2) is 8.27. The first-order chi connectivity index (χ1) is 14.9. The van der Waals surface area contributed by atoms with Crippen LogP contribution in [-0.2, 0) is 17.8 Å². The van der Waals surface area contributed by atoms with Crippen LogP contribution < -0.4 is 10.1 Å². The Hall–Kier alpha value is -1.81. The van der Waals surface area contributed by atoms with Crippen molar-refractivity contribution in [3.05, 3.63) is 22.0 Å². The molecule has 3 aromatic heterocycles. The van der Waals surface area contributed by atoms with E-state index in [4.69, 9.17) is 19.4 Å². The number of hydrogen-bond donors (Lipinski definition) is 1. The molecular weight excluding hydrogens is 430 g/mol. The quantitative estimate of drug-likeness (QED) is 0.576. The molecule has 0 saturated heterocycles. The van der Waals surface area contributed by atoms with Crippen molar-refractivity contribution in [1.82, 2.24) is 19.2 Å². The van der Waals surface area contributed by atoms with Crippen LogP contribution in [0.5, 0.6) is 5.88 Å². The summed E-state index contributed by atoms with van der Waals surface area (Å²) in [5, 5.41) is 6.31. The Labute approximate surface area is 191 Å². The number of fused-ring (bicyclic) bond motifs is 3. The number of nitrogens with one attached hydrogen (secondary N) is 1. The van der Waals surface area contributed by atoms with Gasteiger partial charge in [0.05, 0.1) is 29.5 Å². The molecule has 0 unspecified atom stereocenters. The van der Waals surface area contributed by atoms with Crippen molar-refractivity contribution in [3.63, 3.8) is 0 Å². The van der Waals surface area contributed by atoms with Crippen LogP contribution in [0.2, 0.25) is 0 Å². The monoisotopic (exact) mass is 459 g/mol. The number of rotatable bonds is 5. The van der Waals surface area contributed by atoms with Gasteiger partial charge in [-0.25, -0.2) is 4.98 Å². The molecule has 4 heterocycles. The molecule has 1 fully saturated rings. The maximum Gasteiger partial charge on any atom is 0.231 e. The smallest absolute Gasteiger partial charge is 0.231 e. The summed E-state index contributed by atoms with van der Waals surface area (Å²) in [6.07, 6.45) is 7.22. The summed E-state index contributed by atoms with van der Waals surface area (Å²) in [6.45, 7) is 4.90. The maximum atomic E-state index is 6.59. The van der Waals surface area contributed by atoms with Gasteiger partial charge in [-0.15, -0.1) is 11.3 Å². The lowest BCUT2D eigenvalue weighted by Crippen LogP contribution is -2.35. The molecule has 7 nitrogen and oxygen atoms in total. The van der Waals surface area contributed by atoms with Gasteiger partial charge >= 0.3 is 0 Å². The number of aromatic nitrogens is 3. The summed E-state index contributed by atoms with van der Waals surface area (Å²) < 4.78 is 16.8. The van der Waals surface area contributed by atoms with Crippen molar-refractivity contribution >= 4 is 44.7 Å². The molecule has 0 radical (unpaired) electrons. The van der Waals surface area contributed by atoms with Crippen molar-refractivity contribution in [2.24, 2.45) is 0 Å². The van der Waals surface area contributed by atoms with Crippen LogP contribution in [0.3, 0.4) is 0 Å². The molecule has 31 heavy (non-hydrogen) atoms. The van der Waals surface area contributed by atoms with E-state index in [-0.39, 0.29) is 11.7 Å². The standard InChI is InChI=1S/C22H29N5O2S2/c1-22(2)9-16-17(11-28-22)31-20-18(16)19(25-21(26-20)24-13-10-23-30-12-13)29-15-7-5-14(6-8-15)27(3)4/h10,12,14-15H,5-9,11H2,1-4H3,(H,24,25,26)/t14-,15-. The average molecular weight is 460 g/mol. The number of hydrogen-bond acceptors (Lipinski definition) is 9. The van der Waals surface area contributed by atoms with Gasteiger partial charge in [0.2, 0.25) is 11.8 Å². The van der Waals surface area contributed by atoms with E-state index in [1.807, 2.05) is 5.38 Å². The minimum atomic E-state index is -0.193. The minimum Gasteiger partial charge on any atom is -0.474 e. The lowest BCUT2D eigenvalue weighted by atomic mass is 9.92. The van der Waals surface area contributed by atoms with Gasteiger partial charge < -0.3 is 19.7 Å². The first-order valence-electron chi connectivity index (χ1n) is 10.8. The van der Waals surface area contributed by atoms with E-state index >= 15 is 0 Å². The molecule has 3 aromatic rings. The summed E-state index contributed by atoms with van der Waals surface area (Å²) in [4.78, 5) is 14.2. The molecule has 0 amide bonds. The second-order valence-electron chi connectivity index (χ2n) is 9.31. The number of ether oxygens (including phenoxy) is 2. The van der Waals surface area contributed by atoms with Crippen LogP contribution >= 0.6 is 22.9 Å². The molecule has 1 saturated carbocycles. The van der Waals surface area contributed by atoms with Crippen LogP contribution in [0, 0.1) is 0 Å². The first kappa shape index (κ1) is 21.1. The predicted molar refractivity (Wildman–Crippen MR) is 126 cm³/mol. The number of anilines is 2. The topological polar surface area (TPSA) is 72.4 Å². The van der Waals surface area contributed by atoms with E-state index in [0.29, 0.717) is 24.5 Å². The zero-order chi connectivity index (χ0) is 21.6. The molecule has 1 aliphatic carbocycles. The van der Waals surface area contributed by atoms with Gasteiger partial charge in [-0.2, -0.15) is 9.36 Å². The maximum absolute atomic E-state index is 6.59. The Morgan fingerprint density at radius 2 is 2.00 bits per heavy atom. The number of nitrogens with zero attached hydrogens (tertiary/aromatic N) is 4. The van der Waals surface area contributed by atoms with Crippen LogP contribution in [-0.4, -0.2) is 51.1 Å². The fourth-order valence-corrected chi connectivity index (χ4v) is 6.05. The van der Waals surface area contributed by atoms with Gasteiger partial charge in [0.25, 0.3) is 0 Å². The normalized spacial score (nSPS) is 23.1. The van der Waals surface area contributed by atoms with Crippen molar-refractivity contribution in [1.29, 1.82) is 0 Å². The Balaban J connectivity index is 1.50. The highest BCUT2D eigenvalue weighted by Crippen LogP contribution is 2.43. The molecule has 166 valence electrons. The van der Waals surface area contributed by atoms with E-state index in [9.17, 15) is 0 Å². The van der Waals surface area contributed by atoms with Crippen molar-refractivity contribution in [2.75, 3.05) is 19.4 Å². The Kier molecular flexibility index (Phi) is 5.62. The molecule has 9 heteroatoms. The molecule has 0 spiro atoms. The van der Waals surface area contributed by atoms with E-state index < -0.39 is 0 Å². The molecule has 1 N–H and O–H groups in total. The average Bonchev–Trinajstić information content (AvgIpc) is 3.35. The SMILES string of the molecule is CN(C)[C@H]1CC[C@H](Oc2nc(Nc3cnsc3)nc3sc4c(c23)CC(C)(C)OC4)CC1. The molecule has 5 rings (SSSR count). The molecule has 0 aromatic carbocycles. The van der Waals surface area contributed by atoms with Crippen LogP contribution in [0.15, 0.2) is 11.6 Å². The Bertz CT molecular complexity index is 1060. The van der Waals surface area contributed by atoms with E-state index in [0.717, 1.165) is 48.0 Å². The third kappa shape index (κ3) is 4.41. The van der Waals surface area contributed by atoms with Crippen LogP contribution in [0.1, 0.15) is 50.0 Å². The first-order valence-corrected chi connectivity index (χ1v) is 12.5. The zero-order valence-corrected chi connectivity index (χ0v) is 20.1. The second-order valence-corrected chi connectivity index (χ2v) is 11.1. The minimum absolute atomic E-state index is 0.188. The Morgan fingerprint density at radius 3 is 2.71 bits per heavy atom. The third-order valence-electron chi connectivity index (χ3n) is 6.24. The summed E-state index contributed by atoms with van der Waals surface area (Å²) in [6, 6.07) is 0.639. The number of thiophene rings is 1. The molecule has 2 aliphatic rings. The van der Waals surface area contributed by atoms with Gasteiger partial charge in [-0.1, -0.05) is 0 Å². The van der Waals surface area contributed by atoms with Gasteiger partial charge in [0.15, 0.2) is 0 Å². The van der Waals surface area contributed by atoms with E-state index in [2.05, 4.69) is 42.5 Å². The lowest BCUT2D eigenvalue weighted by molar-refractivity contribution is -0.0379. The van der Waals surface area contributed by atoms with Crippen LogP contribution in [0.4, 0.5) is 11.6 Å². The van der Waals surface area contributed by atoms with Gasteiger partial charge in [0.1, 0.15) is 10.9 Å². The van der Waals surface area contributed by atoms with Gasteiger partial charge in [-0.05, 0) is 70.7 Å². The summed E-state index contributed by atoms with van der Waals surface area (Å²) in [7, 11) is 4.33. The highest BCUT2D eigenvalue weighted by atomic mass is 32.1. The van der Waals surface area contributed by atoms with Gasteiger partial charge in [0, 0.05) is 22.7 Å². The molecule has 0 atom stereocenters. The molecule has 1 aliphatic heterocycles. The van der Waals surface area contributed by atoms with E-state index in [1.165, 1.54) is 22.0 Å². The summed E-state index contributed by atoms with van der Waals surface area (Å²) in [5.74, 6) is 1.27. The highest BCUT2D eigenvalue weighted by Gasteiger charge is 2.32. The fraction of sp³-hybridized carbons (Fsp3) is 0.591. The zero-order valence-electron chi connectivity index (χ0n) is 18.5. The lowest BCUT2D eigenvalue weighted by Gasteiger charge is -2.33. The Morgan fingerprint density at radius 1 is 1.19 bits per heavy atom. The largest absolute Gasteiger partial charge is 0.474 e. The summed E-state index contributed by atoms with van der Waals surface area (Å²) >= 11 is 3.09. The van der Waals surface area contributed by atoms with E-state index in [1.54, 1.807) is 17.5 Å². The third-order valence-corrected chi connectivity index (χ3v) is 7.92. The van der Waals surface area contributed by atoms with Crippen molar-refractivity contribution in [2.45, 2.75) is 70.3 Å². The van der Waals surface area contributed by atoms with Crippen LogP contribution in [0.25, 0.3) is 10.2 Å². The van der Waals surface area contributed by atoms with Gasteiger partial charge in [-0.3, -0.25) is 0 Å². The predicted octanol–water partition coefficient (Wildman–Crippen LogP) is 4.99. The fourth-order valence-electron chi connectivity index (χ4n) is 4.49. The molecule has 0 bridgehead atoms. The van der Waals surface area contributed by atoms with Crippen molar-refractivity contribution < 1.29 is 9.47 Å². The highest BCUT2D eigenvalue weighted by molar-refractivity contribution is 7.18. The summed E-state index contributed by atoms with van der Waals surface area (Å²) in [5.41, 5.74) is 1.99. The molecular formula is C22H29N5O2S2.